The molecule has 2 heterocycles. The summed E-state index contributed by atoms with van der Waals surface area (Å²) in [6, 6.07) is 23.0. The Morgan fingerprint density at radius 3 is 2.31 bits per heavy atom. The summed E-state index contributed by atoms with van der Waals surface area (Å²) >= 11 is 0. The van der Waals surface area contributed by atoms with Crippen molar-refractivity contribution in [3.05, 3.63) is 95.6 Å². The van der Waals surface area contributed by atoms with Gasteiger partial charge in [0, 0.05) is 42.8 Å². The summed E-state index contributed by atoms with van der Waals surface area (Å²) in [5, 5.41) is 0.789. The first-order valence-corrected chi connectivity index (χ1v) is 12.0. The highest BCUT2D eigenvalue weighted by Crippen LogP contribution is 2.32. The number of rotatable bonds is 4. The summed E-state index contributed by atoms with van der Waals surface area (Å²) in [6.45, 7) is 3.87. The number of benzene rings is 3. The monoisotopic (exact) mass is 489 g/mol. The van der Waals surface area contributed by atoms with Gasteiger partial charge in [0.25, 0.3) is 5.91 Å². The molecule has 0 N–H and O–H groups in total. The first-order chi connectivity index (χ1) is 17.3. The minimum Gasteiger partial charge on any atom is -0.368 e. The predicted molar refractivity (Wildman–Crippen MR) is 136 cm³/mol. The smallest absolute Gasteiger partial charge is 0.368 e. The standard InChI is InChI=1S/C29H26F3N3O/c1-2-20-10-12-21(13-11-20)27-19-25(24-8-3-4-9-26(24)33-27)28(36)35-16-14-34(15-17-35)23-7-5-6-22(18-23)29(30,31)32/h3-13,18-19H,2,14-17H2,1H3. The molecule has 184 valence electrons. The number of para-hydroxylation sites is 1. The van der Waals surface area contributed by atoms with Crippen LogP contribution in [-0.4, -0.2) is 42.0 Å². The van der Waals surface area contributed by atoms with Gasteiger partial charge in [-0.2, -0.15) is 13.2 Å². The molecule has 36 heavy (non-hydrogen) atoms. The first kappa shape index (κ1) is 23.9. The fraction of sp³-hybridized carbons (Fsp3) is 0.241. The zero-order valence-electron chi connectivity index (χ0n) is 19.9. The Hall–Kier alpha value is -3.87. The van der Waals surface area contributed by atoms with Crippen molar-refractivity contribution in [1.82, 2.24) is 9.88 Å². The van der Waals surface area contributed by atoms with Gasteiger partial charge in [0.15, 0.2) is 0 Å². The van der Waals surface area contributed by atoms with Crippen molar-refractivity contribution in [2.45, 2.75) is 19.5 Å². The molecule has 5 rings (SSSR count). The molecule has 7 heteroatoms. The number of fused-ring (bicyclic) bond motifs is 1. The minimum absolute atomic E-state index is 0.0938. The van der Waals surface area contributed by atoms with Crippen LogP contribution < -0.4 is 4.90 Å². The Morgan fingerprint density at radius 2 is 1.61 bits per heavy atom. The molecule has 4 aromatic rings. The van der Waals surface area contributed by atoms with Crippen LogP contribution in [0.25, 0.3) is 22.2 Å². The fourth-order valence-electron chi connectivity index (χ4n) is 4.63. The zero-order chi connectivity index (χ0) is 25.3. The van der Waals surface area contributed by atoms with Gasteiger partial charge < -0.3 is 9.80 Å². The molecular weight excluding hydrogens is 463 g/mol. The number of carbonyl (C=O) groups is 1. The van der Waals surface area contributed by atoms with Gasteiger partial charge in [-0.15, -0.1) is 0 Å². The van der Waals surface area contributed by atoms with Crippen molar-refractivity contribution in [1.29, 1.82) is 0 Å². The summed E-state index contributed by atoms with van der Waals surface area (Å²) in [5.74, 6) is -0.0938. The summed E-state index contributed by atoms with van der Waals surface area (Å²) in [5.41, 5.74) is 4.10. The molecule has 1 aliphatic heterocycles. The highest BCUT2D eigenvalue weighted by molar-refractivity contribution is 6.07. The second-order valence-electron chi connectivity index (χ2n) is 8.95. The van der Waals surface area contributed by atoms with Crippen LogP contribution in [0.15, 0.2) is 78.9 Å². The SMILES string of the molecule is CCc1ccc(-c2cc(C(=O)N3CCN(c4cccc(C(F)(F)F)c4)CC3)c3ccccc3n2)cc1. The Kier molecular flexibility index (Phi) is 6.39. The number of alkyl halides is 3. The summed E-state index contributed by atoms with van der Waals surface area (Å²) in [4.78, 5) is 22.1. The Bertz CT molecular complexity index is 1390. The number of piperazine rings is 1. The molecule has 0 aliphatic carbocycles. The molecule has 0 radical (unpaired) electrons. The molecule has 0 atom stereocenters. The lowest BCUT2D eigenvalue weighted by molar-refractivity contribution is -0.137. The molecule has 3 aromatic carbocycles. The maximum Gasteiger partial charge on any atom is 0.416 e. The number of hydrogen-bond donors (Lipinski definition) is 0. The van der Waals surface area contributed by atoms with Crippen molar-refractivity contribution in [3.8, 4) is 11.3 Å². The van der Waals surface area contributed by atoms with E-state index in [2.05, 4.69) is 19.1 Å². The number of amides is 1. The van der Waals surface area contributed by atoms with E-state index in [4.69, 9.17) is 4.98 Å². The number of hydrogen-bond acceptors (Lipinski definition) is 3. The highest BCUT2D eigenvalue weighted by atomic mass is 19.4. The molecule has 4 nitrogen and oxygen atoms in total. The summed E-state index contributed by atoms with van der Waals surface area (Å²) in [6.07, 6.45) is -3.44. The molecule has 1 saturated heterocycles. The van der Waals surface area contributed by atoms with E-state index >= 15 is 0 Å². The second-order valence-corrected chi connectivity index (χ2v) is 8.95. The van der Waals surface area contributed by atoms with E-state index in [-0.39, 0.29) is 5.91 Å². The summed E-state index contributed by atoms with van der Waals surface area (Å²) in [7, 11) is 0. The molecule has 0 spiro atoms. The lowest BCUT2D eigenvalue weighted by Gasteiger charge is -2.36. The zero-order valence-corrected chi connectivity index (χ0v) is 19.9. The molecule has 1 aliphatic rings. The van der Waals surface area contributed by atoms with Gasteiger partial charge in [0.05, 0.1) is 22.3 Å². The Morgan fingerprint density at radius 1 is 0.889 bits per heavy atom. The van der Waals surface area contributed by atoms with Crippen LogP contribution in [0.4, 0.5) is 18.9 Å². The maximum absolute atomic E-state index is 13.7. The van der Waals surface area contributed by atoms with Crippen molar-refractivity contribution in [2.24, 2.45) is 0 Å². The second kappa shape index (κ2) is 9.64. The van der Waals surface area contributed by atoms with Gasteiger partial charge in [-0.05, 0) is 42.3 Å². The molecule has 1 aromatic heterocycles. The largest absolute Gasteiger partial charge is 0.416 e. The third-order valence-corrected chi connectivity index (χ3v) is 6.71. The molecular formula is C29H26F3N3O. The first-order valence-electron chi connectivity index (χ1n) is 12.0. The number of pyridine rings is 1. The van der Waals surface area contributed by atoms with Gasteiger partial charge in [-0.1, -0.05) is 55.5 Å². The van der Waals surface area contributed by atoms with Crippen molar-refractivity contribution < 1.29 is 18.0 Å². The third kappa shape index (κ3) is 4.78. The molecule has 0 bridgehead atoms. The Balaban J connectivity index is 1.39. The van der Waals surface area contributed by atoms with Gasteiger partial charge in [-0.25, -0.2) is 4.98 Å². The average molecular weight is 490 g/mol. The quantitative estimate of drug-likeness (QED) is 0.331. The molecule has 0 unspecified atom stereocenters. The van der Waals surface area contributed by atoms with E-state index in [9.17, 15) is 18.0 Å². The average Bonchev–Trinajstić information content (AvgIpc) is 2.92. The predicted octanol–water partition coefficient (Wildman–Crippen LogP) is 6.45. The van der Waals surface area contributed by atoms with Crippen LogP contribution in [0.3, 0.4) is 0 Å². The van der Waals surface area contributed by atoms with Crippen LogP contribution in [0.2, 0.25) is 0 Å². The van der Waals surface area contributed by atoms with E-state index in [1.165, 1.54) is 17.7 Å². The maximum atomic E-state index is 13.7. The van der Waals surface area contributed by atoms with Crippen molar-refractivity contribution >= 4 is 22.5 Å². The number of aryl methyl sites for hydroxylation is 1. The number of nitrogens with zero attached hydrogens (tertiary/aromatic N) is 3. The lowest BCUT2D eigenvalue weighted by Crippen LogP contribution is -2.48. The van der Waals surface area contributed by atoms with Crippen LogP contribution >= 0.6 is 0 Å². The molecule has 1 fully saturated rings. The van der Waals surface area contributed by atoms with E-state index in [1.54, 1.807) is 11.0 Å². The number of aromatic nitrogens is 1. The van der Waals surface area contributed by atoms with Gasteiger partial charge in [0.2, 0.25) is 0 Å². The van der Waals surface area contributed by atoms with Crippen LogP contribution in [-0.2, 0) is 12.6 Å². The Labute approximate surface area is 208 Å². The fourth-order valence-corrected chi connectivity index (χ4v) is 4.63. The van der Waals surface area contributed by atoms with Gasteiger partial charge in [0.1, 0.15) is 0 Å². The van der Waals surface area contributed by atoms with Crippen molar-refractivity contribution in [2.75, 3.05) is 31.1 Å². The van der Waals surface area contributed by atoms with Gasteiger partial charge >= 0.3 is 6.18 Å². The highest BCUT2D eigenvalue weighted by Gasteiger charge is 2.31. The number of carbonyl (C=O) groups excluding carboxylic acids is 1. The van der Waals surface area contributed by atoms with E-state index in [0.717, 1.165) is 34.6 Å². The van der Waals surface area contributed by atoms with Crippen LogP contribution in [0.5, 0.6) is 0 Å². The molecule has 1 amide bonds. The lowest BCUT2D eigenvalue weighted by atomic mass is 10.0. The van der Waals surface area contributed by atoms with Crippen LogP contribution in [0, 0.1) is 0 Å². The van der Waals surface area contributed by atoms with E-state index in [1.807, 2.05) is 47.4 Å². The normalized spacial score (nSPS) is 14.3. The topological polar surface area (TPSA) is 36.4 Å². The van der Waals surface area contributed by atoms with Gasteiger partial charge in [-0.3, -0.25) is 4.79 Å². The third-order valence-electron chi connectivity index (χ3n) is 6.71. The molecule has 0 saturated carbocycles. The summed E-state index contributed by atoms with van der Waals surface area (Å²) < 4.78 is 39.4. The van der Waals surface area contributed by atoms with Crippen LogP contribution in [0.1, 0.15) is 28.4 Å². The number of anilines is 1. The van der Waals surface area contributed by atoms with Crippen molar-refractivity contribution in [3.63, 3.8) is 0 Å². The van der Waals surface area contributed by atoms with E-state index in [0.29, 0.717) is 37.4 Å². The minimum atomic E-state index is -4.38. The number of halogens is 3. The van der Waals surface area contributed by atoms with E-state index < -0.39 is 11.7 Å².